The minimum atomic E-state index is -4.84. The first-order valence-electron chi connectivity index (χ1n) is 5.53. The lowest BCUT2D eigenvalue weighted by Gasteiger charge is -2.17. The molecule has 0 spiro atoms. The number of alkyl halides is 3. The van der Waals surface area contributed by atoms with Crippen molar-refractivity contribution in [2.45, 2.75) is 12.2 Å². The number of hydrogen-bond donors (Lipinski definition) is 1. The number of nitrogens with two attached hydrogens (primary N) is 1. The number of rotatable bonds is 2. The van der Waals surface area contributed by atoms with Gasteiger partial charge in [0.15, 0.2) is 0 Å². The van der Waals surface area contributed by atoms with Crippen LogP contribution in [0.1, 0.15) is 22.7 Å². The maximum atomic E-state index is 13.9. The normalized spacial score (nSPS) is 13.3. The molecule has 2 nitrogen and oxygen atoms in total. The van der Waals surface area contributed by atoms with Gasteiger partial charge in [0.1, 0.15) is 11.6 Å². The van der Waals surface area contributed by atoms with E-state index >= 15 is 0 Å². The summed E-state index contributed by atoms with van der Waals surface area (Å²) in [6, 6.07) is 2.57. The molecule has 1 unspecified atom stereocenters. The van der Waals surface area contributed by atoms with Crippen LogP contribution in [-0.4, -0.2) is 4.98 Å². The van der Waals surface area contributed by atoms with Gasteiger partial charge in [0.05, 0.1) is 17.8 Å². The first kappa shape index (κ1) is 14.4. The SMILES string of the molecule is NC(c1ccncc1F)c1cccc(C(F)(F)F)c1F. The molecule has 0 fully saturated rings. The number of halogens is 5. The Kier molecular flexibility index (Phi) is 3.71. The molecule has 0 amide bonds. The van der Waals surface area contributed by atoms with Crippen molar-refractivity contribution < 1.29 is 22.0 Å². The molecule has 20 heavy (non-hydrogen) atoms. The van der Waals surface area contributed by atoms with Crippen molar-refractivity contribution in [3.63, 3.8) is 0 Å². The summed E-state index contributed by atoms with van der Waals surface area (Å²) in [6.07, 6.45) is -2.75. The highest BCUT2D eigenvalue weighted by Gasteiger charge is 2.35. The summed E-state index contributed by atoms with van der Waals surface area (Å²) in [5.74, 6) is -2.31. The largest absolute Gasteiger partial charge is 0.419 e. The third kappa shape index (κ3) is 2.62. The summed E-state index contributed by atoms with van der Waals surface area (Å²) in [5, 5.41) is 0. The van der Waals surface area contributed by atoms with Gasteiger partial charge in [-0.2, -0.15) is 13.2 Å². The Bertz CT molecular complexity index is 624. The molecule has 0 bridgehead atoms. The summed E-state index contributed by atoms with van der Waals surface area (Å²) in [7, 11) is 0. The number of nitrogens with zero attached hydrogens (tertiary/aromatic N) is 1. The molecule has 1 aromatic heterocycles. The Morgan fingerprint density at radius 1 is 1.05 bits per heavy atom. The lowest BCUT2D eigenvalue weighted by molar-refractivity contribution is -0.140. The van der Waals surface area contributed by atoms with E-state index in [1.54, 1.807) is 0 Å². The van der Waals surface area contributed by atoms with Crippen LogP contribution in [0, 0.1) is 11.6 Å². The van der Waals surface area contributed by atoms with Crippen molar-refractivity contribution in [3.8, 4) is 0 Å². The van der Waals surface area contributed by atoms with Gasteiger partial charge >= 0.3 is 6.18 Å². The van der Waals surface area contributed by atoms with E-state index in [0.717, 1.165) is 18.3 Å². The van der Waals surface area contributed by atoms with Crippen LogP contribution in [0.3, 0.4) is 0 Å². The molecule has 2 rings (SSSR count). The van der Waals surface area contributed by atoms with Crippen molar-refractivity contribution in [1.29, 1.82) is 0 Å². The van der Waals surface area contributed by atoms with Crippen LogP contribution in [0.5, 0.6) is 0 Å². The van der Waals surface area contributed by atoms with Crippen molar-refractivity contribution >= 4 is 0 Å². The second kappa shape index (κ2) is 5.16. The summed E-state index contributed by atoms with van der Waals surface area (Å²) >= 11 is 0. The topological polar surface area (TPSA) is 38.9 Å². The average Bonchev–Trinajstić information content (AvgIpc) is 2.37. The molecular formula is C13H9F5N2. The Morgan fingerprint density at radius 2 is 1.75 bits per heavy atom. The van der Waals surface area contributed by atoms with Gasteiger partial charge in [-0.15, -0.1) is 0 Å². The van der Waals surface area contributed by atoms with Crippen LogP contribution in [0.25, 0.3) is 0 Å². The van der Waals surface area contributed by atoms with Gasteiger partial charge in [-0.3, -0.25) is 4.98 Å². The van der Waals surface area contributed by atoms with E-state index in [2.05, 4.69) is 4.98 Å². The molecular weight excluding hydrogens is 279 g/mol. The van der Waals surface area contributed by atoms with Crippen LogP contribution >= 0.6 is 0 Å². The van der Waals surface area contributed by atoms with Crippen molar-refractivity contribution in [3.05, 3.63) is 65.0 Å². The van der Waals surface area contributed by atoms with E-state index in [1.807, 2.05) is 0 Å². The zero-order chi connectivity index (χ0) is 14.9. The van der Waals surface area contributed by atoms with E-state index < -0.39 is 35.0 Å². The summed E-state index contributed by atoms with van der Waals surface area (Å²) < 4.78 is 65.2. The second-order valence-corrected chi connectivity index (χ2v) is 4.08. The van der Waals surface area contributed by atoms with E-state index in [-0.39, 0.29) is 5.56 Å². The molecule has 1 heterocycles. The molecule has 0 saturated heterocycles. The minimum Gasteiger partial charge on any atom is -0.320 e. The zero-order valence-electron chi connectivity index (χ0n) is 9.96. The van der Waals surface area contributed by atoms with Crippen LogP contribution in [0.2, 0.25) is 0 Å². The first-order chi connectivity index (χ1) is 9.32. The highest BCUT2D eigenvalue weighted by atomic mass is 19.4. The van der Waals surface area contributed by atoms with E-state index in [4.69, 9.17) is 5.73 Å². The smallest absolute Gasteiger partial charge is 0.320 e. The molecule has 0 aliphatic carbocycles. The molecule has 0 aliphatic rings. The Balaban J connectivity index is 2.52. The fourth-order valence-corrected chi connectivity index (χ4v) is 1.81. The average molecular weight is 288 g/mol. The molecule has 106 valence electrons. The molecule has 0 aliphatic heterocycles. The van der Waals surface area contributed by atoms with Gasteiger partial charge in [-0.25, -0.2) is 8.78 Å². The maximum Gasteiger partial charge on any atom is 0.419 e. The van der Waals surface area contributed by atoms with Crippen LogP contribution in [0.15, 0.2) is 36.7 Å². The van der Waals surface area contributed by atoms with Crippen LogP contribution < -0.4 is 5.73 Å². The lowest BCUT2D eigenvalue weighted by Crippen LogP contribution is -2.18. The summed E-state index contributed by atoms with van der Waals surface area (Å²) in [4.78, 5) is 3.50. The van der Waals surface area contributed by atoms with Crippen molar-refractivity contribution in [2.24, 2.45) is 5.73 Å². The molecule has 2 N–H and O–H groups in total. The van der Waals surface area contributed by atoms with Gasteiger partial charge in [-0.05, 0) is 12.1 Å². The Labute approximate surface area is 111 Å². The maximum absolute atomic E-state index is 13.9. The quantitative estimate of drug-likeness (QED) is 0.860. The molecule has 1 aromatic carbocycles. The third-order valence-electron chi connectivity index (χ3n) is 2.81. The van der Waals surface area contributed by atoms with Gasteiger partial charge in [-0.1, -0.05) is 12.1 Å². The monoisotopic (exact) mass is 288 g/mol. The fraction of sp³-hybridized carbons (Fsp3) is 0.154. The Hall–Kier alpha value is -2.02. The summed E-state index contributed by atoms with van der Waals surface area (Å²) in [6.45, 7) is 0. The number of benzene rings is 1. The zero-order valence-corrected chi connectivity index (χ0v) is 9.96. The van der Waals surface area contributed by atoms with Gasteiger partial charge in [0, 0.05) is 17.3 Å². The molecule has 7 heteroatoms. The molecule has 2 aromatic rings. The van der Waals surface area contributed by atoms with Crippen molar-refractivity contribution in [2.75, 3.05) is 0 Å². The first-order valence-corrected chi connectivity index (χ1v) is 5.53. The van der Waals surface area contributed by atoms with E-state index in [0.29, 0.717) is 6.07 Å². The van der Waals surface area contributed by atoms with E-state index in [1.165, 1.54) is 12.3 Å². The predicted molar refractivity (Wildman–Crippen MR) is 61.6 cm³/mol. The Morgan fingerprint density at radius 3 is 2.35 bits per heavy atom. The predicted octanol–water partition coefficient (Wildman–Crippen LogP) is 3.43. The molecule has 0 saturated carbocycles. The number of aromatic nitrogens is 1. The van der Waals surface area contributed by atoms with Gasteiger partial charge in [0.25, 0.3) is 0 Å². The van der Waals surface area contributed by atoms with Gasteiger partial charge < -0.3 is 5.73 Å². The number of hydrogen-bond acceptors (Lipinski definition) is 2. The standard InChI is InChI=1S/C13H9F5N2/c14-10-6-20-5-4-7(10)12(19)8-2-1-3-9(11(8)15)13(16,17)18/h1-6,12H,19H2. The highest BCUT2D eigenvalue weighted by molar-refractivity contribution is 5.36. The number of pyridine rings is 1. The molecule has 0 radical (unpaired) electrons. The third-order valence-corrected chi connectivity index (χ3v) is 2.81. The van der Waals surface area contributed by atoms with Gasteiger partial charge in [0.2, 0.25) is 0 Å². The van der Waals surface area contributed by atoms with Crippen molar-refractivity contribution in [1.82, 2.24) is 4.98 Å². The highest BCUT2D eigenvalue weighted by Crippen LogP contribution is 2.34. The second-order valence-electron chi connectivity index (χ2n) is 4.08. The van der Waals surface area contributed by atoms with E-state index in [9.17, 15) is 22.0 Å². The lowest BCUT2D eigenvalue weighted by atomic mass is 9.97. The minimum absolute atomic E-state index is 0.127. The summed E-state index contributed by atoms with van der Waals surface area (Å²) in [5.41, 5.74) is 3.67. The fourth-order valence-electron chi connectivity index (χ4n) is 1.81. The molecule has 1 atom stereocenters. The van der Waals surface area contributed by atoms with Crippen LogP contribution in [-0.2, 0) is 6.18 Å². The van der Waals surface area contributed by atoms with Crippen LogP contribution in [0.4, 0.5) is 22.0 Å².